The molecule has 3 nitrogen and oxygen atoms in total. The van der Waals surface area contributed by atoms with E-state index in [0.717, 1.165) is 18.2 Å². The van der Waals surface area contributed by atoms with E-state index in [1.165, 1.54) is 0 Å². The fraction of sp³-hybridized carbons (Fsp3) is 0. The molecule has 9 heavy (non-hydrogen) atoms. The molecule has 0 aromatic carbocycles. The maximum absolute atomic E-state index is 10.3. The Labute approximate surface area is 52.3 Å². The second-order valence-corrected chi connectivity index (χ2v) is 1.21. The van der Waals surface area contributed by atoms with Gasteiger partial charge in [0.25, 0.3) is 0 Å². The number of aliphatic hydroxyl groups is 1. The van der Waals surface area contributed by atoms with Gasteiger partial charge in [-0.2, -0.15) is 0 Å². The van der Waals surface area contributed by atoms with E-state index in [0.29, 0.717) is 12.5 Å². The number of hydrogen-bond acceptors (Lipinski definition) is 3. The molecule has 0 saturated carbocycles. The molecule has 0 rings (SSSR count). The van der Waals surface area contributed by atoms with Crippen LogP contribution in [-0.2, 0) is 9.59 Å². The molecule has 1 N–H and O–H groups in total. The van der Waals surface area contributed by atoms with Crippen molar-refractivity contribution in [2.75, 3.05) is 0 Å². The zero-order valence-electron chi connectivity index (χ0n) is 4.65. The predicted octanol–water partition coefficient (Wildman–Crippen LogP) is 0.382. The van der Waals surface area contributed by atoms with Gasteiger partial charge in [-0.3, -0.25) is 9.59 Å². The Balaban J connectivity index is 3.76. The van der Waals surface area contributed by atoms with E-state index in [4.69, 9.17) is 5.11 Å². The SMILES string of the molecule is O=C/C=C/C(=O)/C=C\O. The van der Waals surface area contributed by atoms with Gasteiger partial charge in [0, 0.05) is 6.08 Å². The highest BCUT2D eigenvalue weighted by molar-refractivity contribution is 6.00. The van der Waals surface area contributed by atoms with Gasteiger partial charge in [-0.25, -0.2) is 0 Å². The first kappa shape index (κ1) is 7.62. The minimum absolute atomic E-state index is 0.412. The van der Waals surface area contributed by atoms with E-state index in [2.05, 4.69) is 0 Å². The van der Waals surface area contributed by atoms with Crippen molar-refractivity contribution in [3.8, 4) is 0 Å². The van der Waals surface area contributed by atoms with Gasteiger partial charge >= 0.3 is 0 Å². The molecular formula is C6H6O3. The molecule has 0 aromatic rings. The monoisotopic (exact) mass is 126 g/mol. The molecule has 0 atom stereocenters. The van der Waals surface area contributed by atoms with Crippen LogP contribution < -0.4 is 0 Å². The molecule has 0 saturated heterocycles. The summed E-state index contributed by atoms with van der Waals surface area (Å²) < 4.78 is 0. The summed E-state index contributed by atoms with van der Waals surface area (Å²) in [7, 11) is 0. The average molecular weight is 126 g/mol. The number of aldehydes is 1. The average Bonchev–Trinajstić information content (AvgIpc) is 1.85. The van der Waals surface area contributed by atoms with Gasteiger partial charge in [-0.15, -0.1) is 0 Å². The number of rotatable bonds is 3. The predicted molar refractivity (Wildman–Crippen MR) is 32.0 cm³/mol. The number of aliphatic hydroxyl groups excluding tert-OH is 1. The minimum atomic E-state index is -0.412. The van der Waals surface area contributed by atoms with Crippen molar-refractivity contribution in [2.45, 2.75) is 0 Å². The summed E-state index contributed by atoms with van der Waals surface area (Å²) in [5.41, 5.74) is 0. The molecule has 48 valence electrons. The summed E-state index contributed by atoms with van der Waals surface area (Å²) in [4.78, 5) is 19.9. The van der Waals surface area contributed by atoms with Gasteiger partial charge in [0.1, 0.15) is 6.29 Å². The van der Waals surface area contributed by atoms with Crippen molar-refractivity contribution >= 4 is 12.1 Å². The van der Waals surface area contributed by atoms with Gasteiger partial charge in [0.15, 0.2) is 5.78 Å². The smallest absolute Gasteiger partial charge is 0.181 e. The van der Waals surface area contributed by atoms with Crippen molar-refractivity contribution in [3.05, 3.63) is 24.5 Å². The van der Waals surface area contributed by atoms with Crippen LogP contribution in [0.4, 0.5) is 0 Å². The highest BCUT2D eigenvalue weighted by atomic mass is 16.2. The molecule has 0 spiro atoms. The van der Waals surface area contributed by atoms with Crippen LogP contribution in [-0.4, -0.2) is 17.2 Å². The van der Waals surface area contributed by atoms with Gasteiger partial charge in [0.2, 0.25) is 0 Å². The van der Waals surface area contributed by atoms with Crippen LogP contribution in [0.25, 0.3) is 0 Å². The zero-order chi connectivity index (χ0) is 7.11. The van der Waals surface area contributed by atoms with E-state index in [-0.39, 0.29) is 0 Å². The maximum Gasteiger partial charge on any atom is 0.181 e. The molecule has 0 aliphatic heterocycles. The Hall–Kier alpha value is -1.38. The Kier molecular flexibility index (Phi) is 4.04. The second kappa shape index (κ2) is 4.77. The molecule has 3 heteroatoms. The van der Waals surface area contributed by atoms with Gasteiger partial charge in [-0.05, 0) is 12.2 Å². The highest BCUT2D eigenvalue weighted by Crippen LogP contribution is 1.76. The molecule has 0 bridgehead atoms. The minimum Gasteiger partial charge on any atom is -0.515 e. The van der Waals surface area contributed by atoms with Crippen molar-refractivity contribution < 1.29 is 14.7 Å². The Morgan fingerprint density at radius 2 is 2.00 bits per heavy atom. The van der Waals surface area contributed by atoms with Crippen LogP contribution in [0, 0.1) is 0 Å². The van der Waals surface area contributed by atoms with Gasteiger partial charge in [0.05, 0.1) is 6.26 Å². The fourth-order valence-corrected chi connectivity index (χ4v) is 0.263. The Bertz CT molecular complexity index is 156. The van der Waals surface area contributed by atoms with Crippen molar-refractivity contribution in [2.24, 2.45) is 0 Å². The third-order valence-corrected chi connectivity index (χ3v) is 0.578. The van der Waals surface area contributed by atoms with E-state index in [1.807, 2.05) is 0 Å². The Morgan fingerprint density at radius 3 is 2.44 bits per heavy atom. The van der Waals surface area contributed by atoms with Crippen LogP contribution >= 0.6 is 0 Å². The molecule has 0 aliphatic rings. The highest BCUT2D eigenvalue weighted by Gasteiger charge is 1.83. The first-order valence-corrected chi connectivity index (χ1v) is 2.28. The molecule has 0 radical (unpaired) electrons. The first-order valence-electron chi connectivity index (χ1n) is 2.28. The topological polar surface area (TPSA) is 54.4 Å². The van der Waals surface area contributed by atoms with E-state index < -0.39 is 5.78 Å². The van der Waals surface area contributed by atoms with Gasteiger partial charge < -0.3 is 5.11 Å². The van der Waals surface area contributed by atoms with E-state index in [9.17, 15) is 9.59 Å². The summed E-state index contributed by atoms with van der Waals surface area (Å²) in [5, 5.41) is 8.01. The lowest BCUT2D eigenvalue weighted by Crippen LogP contribution is -1.83. The standard InChI is InChI=1S/C6H6O3/c7-4-1-2-6(9)3-5-8/h1-5,8H/b2-1+,5-3-. The second-order valence-electron chi connectivity index (χ2n) is 1.21. The largest absolute Gasteiger partial charge is 0.515 e. The van der Waals surface area contributed by atoms with Crippen LogP contribution in [0.5, 0.6) is 0 Å². The molecule has 0 unspecified atom stereocenters. The molecule has 0 amide bonds. The van der Waals surface area contributed by atoms with Crippen molar-refractivity contribution in [1.29, 1.82) is 0 Å². The summed E-state index contributed by atoms with van der Waals surface area (Å²) in [6, 6.07) is 0. The zero-order valence-corrected chi connectivity index (χ0v) is 4.65. The first-order chi connectivity index (χ1) is 4.31. The lowest BCUT2D eigenvalue weighted by atomic mass is 10.3. The van der Waals surface area contributed by atoms with E-state index >= 15 is 0 Å². The molecule has 0 aliphatic carbocycles. The van der Waals surface area contributed by atoms with Gasteiger partial charge in [-0.1, -0.05) is 0 Å². The number of allylic oxidation sites excluding steroid dienone is 3. The normalized spacial score (nSPS) is 10.7. The number of ketones is 1. The van der Waals surface area contributed by atoms with Crippen molar-refractivity contribution in [1.82, 2.24) is 0 Å². The number of carbonyl (C=O) groups is 2. The summed E-state index contributed by atoms with van der Waals surface area (Å²) in [6.45, 7) is 0. The molecular weight excluding hydrogens is 120 g/mol. The quantitative estimate of drug-likeness (QED) is 0.338. The molecule has 0 fully saturated rings. The van der Waals surface area contributed by atoms with E-state index in [1.54, 1.807) is 0 Å². The number of hydrogen-bond donors (Lipinski definition) is 1. The third-order valence-electron chi connectivity index (χ3n) is 0.578. The van der Waals surface area contributed by atoms with Crippen LogP contribution in [0.3, 0.4) is 0 Å². The summed E-state index contributed by atoms with van der Waals surface area (Å²) in [6.07, 6.45) is 4.17. The number of carbonyl (C=O) groups excluding carboxylic acids is 2. The van der Waals surface area contributed by atoms with Crippen molar-refractivity contribution in [3.63, 3.8) is 0 Å². The Morgan fingerprint density at radius 1 is 1.33 bits per heavy atom. The van der Waals surface area contributed by atoms with Crippen LogP contribution in [0.15, 0.2) is 24.5 Å². The lowest BCUT2D eigenvalue weighted by Gasteiger charge is -1.74. The van der Waals surface area contributed by atoms with Crippen LogP contribution in [0.1, 0.15) is 0 Å². The third kappa shape index (κ3) is 4.47. The molecule has 0 heterocycles. The summed E-state index contributed by atoms with van der Waals surface area (Å²) >= 11 is 0. The fourth-order valence-electron chi connectivity index (χ4n) is 0.263. The lowest BCUT2D eigenvalue weighted by molar-refractivity contribution is -0.111. The summed E-state index contributed by atoms with van der Waals surface area (Å²) in [5.74, 6) is -0.412. The maximum atomic E-state index is 10.3. The molecule has 0 aromatic heterocycles. The van der Waals surface area contributed by atoms with Crippen LogP contribution in [0.2, 0.25) is 0 Å².